The van der Waals surface area contributed by atoms with Crippen LogP contribution in [-0.2, 0) is 14.3 Å². The van der Waals surface area contributed by atoms with Crippen molar-refractivity contribution < 1.29 is 14.3 Å². The lowest BCUT2D eigenvalue weighted by Gasteiger charge is -2.08. The van der Waals surface area contributed by atoms with E-state index >= 15 is 0 Å². The zero-order valence-electron chi connectivity index (χ0n) is 12.8. The predicted molar refractivity (Wildman–Crippen MR) is 77.8 cm³/mol. The zero-order chi connectivity index (χ0) is 14.8. The first kappa shape index (κ1) is 17.6. The number of hydrogen-bond donors (Lipinski definition) is 0. The summed E-state index contributed by atoms with van der Waals surface area (Å²) in [5, 5.41) is 0. The van der Waals surface area contributed by atoms with Crippen LogP contribution in [0.5, 0.6) is 0 Å². The molecule has 0 fully saturated rings. The Morgan fingerprint density at radius 3 is 2.26 bits per heavy atom. The Morgan fingerprint density at radius 2 is 1.79 bits per heavy atom. The quantitative estimate of drug-likeness (QED) is 0.220. The van der Waals surface area contributed by atoms with Crippen molar-refractivity contribution >= 4 is 11.8 Å². The standard InChI is InChI=1S/C16H26O3/c1-6-19-16(18)15(14(5)17)11-10-13(4)9-7-8-12(2)3/h8,11,13H,6-7,9-10H2,1-5H3/b15-11+. The highest BCUT2D eigenvalue weighted by Crippen LogP contribution is 2.14. The van der Waals surface area contributed by atoms with Gasteiger partial charge in [-0.3, -0.25) is 4.79 Å². The molecule has 0 radical (unpaired) electrons. The molecule has 3 nitrogen and oxygen atoms in total. The molecule has 0 aliphatic heterocycles. The highest BCUT2D eigenvalue weighted by Gasteiger charge is 2.15. The summed E-state index contributed by atoms with van der Waals surface area (Å²) >= 11 is 0. The van der Waals surface area contributed by atoms with Crippen LogP contribution >= 0.6 is 0 Å². The first-order valence-corrected chi connectivity index (χ1v) is 6.90. The maximum atomic E-state index is 11.6. The van der Waals surface area contributed by atoms with Gasteiger partial charge in [0.05, 0.1) is 12.2 Å². The summed E-state index contributed by atoms with van der Waals surface area (Å²) in [5.74, 6) is -0.291. The number of ketones is 1. The van der Waals surface area contributed by atoms with E-state index in [1.807, 2.05) is 0 Å². The number of carbonyl (C=O) groups excluding carboxylic acids is 2. The molecule has 0 heterocycles. The molecule has 0 aromatic carbocycles. The maximum Gasteiger partial charge on any atom is 0.341 e. The Kier molecular flexibility index (Phi) is 8.84. The third-order valence-electron chi connectivity index (χ3n) is 2.81. The second kappa shape index (κ2) is 9.54. The highest BCUT2D eigenvalue weighted by atomic mass is 16.5. The lowest BCUT2D eigenvalue weighted by molar-refractivity contribution is -0.139. The van der Waals surface area contributed by atoms with E-state index in [1.165, 1.54) is 12.5 Å². The maximum absolute atomic E-state index is 11.6. The Morgan fingerprint density at radius 1 is 1.16 bits per heavy atom. The molecule has 0 aliphatic rings. The molecule has 1 unspecified atom stereocenters. The minimum Gasteiger partial charge on any atom is -0.462 e. The van der Waals surface area contributed by atoms with E-state index in [0.29, 0.717) is 12.5 Å². The number of carbonyl (C=O) groups is 2. The van der Waals surface area contributed by atoms with Crippen LogP contribution in [0.15, 0.2) is 23.3 Å². The van der Waals surface area contributed by atoms with E-state index < -0.39 is 5.97 Å². The summed E-state index contributed by atoms with van der Waals surface area (Å²) in [6.07, 6.45) is 6.73. The van der Waals surface area contributed by atoms with Gasteiger partial charge in [0.2, 0.25) is 0 Å². The molecule has 0 N–H and O–H groups in total. The van der Waals surface area contributed by atoms with Crippen LogP contribution in [0, 0.1) is 5.92 Å². The average molecular weight is 266 g/mol. The van der Waals surface area contributed by atoms with E-state index in [1.54, 1.807) is 13.0 Å². The molecule has 0 aromatic heterocycles. The SMILES string of the molecule is CCOC(=O)/C(=C/CC(C)CCC=C(C)C)C(C)=O. The molecular weight excluding hydrogens is 240 g/mol. The first-order valence-electron chi connectivity index (χ1n) is 6.90. The van der Waals surface area contributed by atoms with Gasteiger partial charge < -0.3 is 4.74 Å². The molecule has 0 bridgehead atoms. The zero-order valence-corrected chi connectivity index (χ0v) is 12.8. The molecule has 108 valence electrons. The predicted octanol–water partition coefficient (Wildman–Crippen LogP) is 3.84. The minimum absolute atomic E-state index is 0.177. The summed E-state index contributed by atoms with van der Waals surface area (Å²) in [5.41, 5.74) is 1.50. The Hall–Kier alpha value is -1.38. The number of rotatable bonds is 8. The van der Waals surface area contributed by atoms with E-state index in [-0.39, 0.29) is 11.4 Å². The van der Waals surface area contributed by atoms with E-state index in [4.69, 9.17) is 4.74 Å². The number of ether oxygens (including phenoxy) is 1. The smallest absolute Gasteiger partial charge is 0.341 e. The molecule has 0 amide bonds. The third-order valence-corrected chi connectivity index (χ3v) is 2.81. The van der Waals surface area contributed by atoms with Crippen molar-refractivity contribution in [2.45, 2.75) is 53.9 Å². The van der Waals surface area contributed by atoms with Gasteiger partial charge in [-0.1, -0.05) is 24.6 Å². The number of allylic oxidation sites excluding steroid dienone is 3. The summed E-state index contributed by atoms with van der Waals surface area (Å²) < 4.78 is 4.87. The Balaban J connectivity index is 4.42. The van der Waals surface area contributed by atoms with Crippen LogP contribution in [0.1, 0.15) is 53.9 Å². The number of Topliss-reactive ketones (excluding diaryl/α,β-unsaturated/α-hetero) is 1. The van der Waals surface area contributed by atoms with Gasteiger partial charge in [0.25, 0.3) is 0 Å². The van der Waals surface area contributed by atoms with E-state index in [9.17, 15) is 9.59 Å². The number of esters is 1. The molecular formula is C16H26O3. The topological polar surface area (TPSA) is 43.4 Å². The second-order valence-corrected chi connectivity index (χ2v) is 5.09. The Labute approximate surface area is 116 Å². The van der Waals surface area contributed by atoms with Crippen molar-refractivity contribution in [3.05, 3.63) is 23.3 Å². The fourth-order valence-electron chi connectivity index (χ4n) is 1.67. The second-order valence-electron chi connectivity index (χ2n) is 5.09. The molecule has 0 aromatic rings. The molecule has 0 saturated carbocycles. The van der Waals surface area contributed by atoms with Crippen molar-refractivity contribution in [3.63, 3.8) is 0 Å². The fraction of sp³-hybridized carbons (Fsp3) is 0.625. The van der Waals surface area contributed by atoms with Crippen LogP contribution in [0.25, 0.3) is 0 Å². The molecule has 0 aliphatic carbocycles. The van der Waals surface area contributed by atoms with Crippen molar-refractivity contribution in [1.29, 1.82) is 0 Å². The van der Waals surface area contributed by atoms with Crippen LogP contribution in [0.4, 0.5) is 0 Å². The highest BCUT2D eigenvalue weighted by molar-refractivity contribution is 6.16. The largest absolute Gasteiger partial charge is 0.462 e. The van der Waals surface area contributed by atoms with Crippen molar-refractivity contribution in [3.8, 4) is 0 Å². The summed E-state index contributed by atoms with van der Waals surface area (Å²) in [7, 11) is 0. The lowest BCUT2D eigenvalue weighted by Crippen LogP contribution is -2.14. The first-order chi connectivity index (χ1) is 8.88. The molecule has 19 heavy (non-hydrogen) atoms. The molecule has 0 rings (SSSR count). The van der Waals surface area contributed by atoms with Gasteiger partial charge in [-0.2, -0.15) is 0 Å². The minimum atomic E-state index is -0.508. The van der Waals surface area contributed by atoms with Crippen molar-refractivity contribution in [2.75, 3.05) is 6.61 Å². The lowest BCUT2D eigenvalue weighted by atomic mass is 9.98. The molecule has 0 saturated heterocycles. The van der Waals surface area contributed by atoms with Gasteiger partial charge in [-0.25, -0.2) is 4.79 Å². The average Bonchev–Trinajstić information content (AvgIpc) is 2.28. The van der Waals surface area contributed by atoms with Crippen LogP contribution in [0.2, 0.25) is 0 Å². The van der Waals surface area contributed by atoms with Crippen molar-refractivity contribution in [2.24, 2.45) is 5.92 Å². The monoisotopic (exact) mass is 266 g/mol. The fourth-order valence-corrected chi connectivity index (χ4v) is 1.67. The van der Waals surface area contributed by atoms with Gasteiger partial charge in [0.1, 0.15) is 0 Å². The molecule has 3 heteroatoms. The van der Waals surface area contributed by atoms with Crippen LogP contribution in [0.3, 0.4) is 0 Å². The summed E-state index contributed by atoms with van der Waals surface area (Å²) in [4.78, 5) is 23.0. The van der Waals surface area contributed by atoms with Gasteiger partial charge in [-0.15, -0.1) is 0 Å². The van der Waals surface area contributed by atoms with Crippen LogP contribution < -0.4 is 0 Å². The Bertz CT molecular complexity index is 360. The van der Waals surface area contributed by atoms with E-state index in [2.05, 4.69) is 26.8 Å². The third kappa shape index (κ3) is 8.36. The van der Waals surface area contributed by atoms with Crippen LogP contribution in [-0.4, -0.2) is 18.4 Å². The van der Waals surface area contributed by atoms with E-state index in [0.717, 1.165) is 19.3 Å². The normalized spacial score (nSPS) is 12.8. The molecule has 0 spiro atoms. The van der Waals surface area contributed by atoms with Crippen molar-refractivity contribution in [1.82, 2.24) is 0 Å². The van der Waals surface area contributed by atoms with Gasteiger partial charge >= 0.3 is 5.97 Å². The number of hydrogen-bond acceptors (Lipinski definition) is 3. The van der Waals surface area contributed by atoms with Gasteiger partial charge in [0.15, 0.2) is 5.78 Å². The molecule has 1 atom stereocenters. The summed E-state index contributed by atoms with van der Waals surface area (Å²) in [6, 6.07) is 0. The van der Waals surface area contributed by atoms with Gasteiger partial charge in [-0.05, 0) is 52.9 Å². The van der Waals surface area contributed by atoms with Gasteiger partial charge in [0, 0.05) is 0 Å². The summed E-state index contributed by atoms with van der Waals surface area (Å²) in [6.45, 7) is 9.71.